The maximum absolute atomic E-state index is 14.6. The molecule has 0 spiro atoms. The highest BCUT2D eigenvalue weighted by atomic mass is 79.9. The summed E-state index contributed by atoms with van der Waals surface area (Å²) in [6, 6.07) is 21.6. The SMILES string of the molecule is C=CCCN(C(=O)[C@H](CC=C)N(C)C(=O)OCC1c2ccccc2-c2ccccc21)[C@@H](Cc1ccc(Br)cc1)C(=O)N(C)CC(=O)OC(C)(C)C. The molecule has 0 unspecified atom stereocenters. The molecule has 0 aromatic heterocycles. The van der Waals surface area contributed by atoms with E-state index in [1.165, 1.54) is 28.8 Å². The van der Waals surface area contributed by atoms with E-state index < -0.39 is 41.6 Å². The quantitative estimate of drug-likeness (QED) is 0.119. The largest absolute Gasteiger partial charge is 0.459 e. The second-order valence-corrected chi connectivity index (χ2v) is 14.6. The lowest BCUT2D eigenvalue weighted by molar-refractivity contribution is -0.159. The van der Waals surface area contributed by atoms with Crippen LogP contribution >= 0.6 is 15.9 Å². The van der Waals surface area contributed by atoms with Crippen molar-refractivity contribution in [3.8, 4) is 11.1 Å². The summed E-state index contributed by atoms with van der Waals surface area (Å²) in [6.45, 7) is 12.9. The maximum Gasteiger partial charge on any atom is 0.410 e. The first kappa shape index (κ1) is 39.1. The zero-order valence-electron chi connectivity index (χ0n) is 30.1. The van der Waals surface area contributed by atoms with Gasteiger partial charge in [0.15, 0.2) is 0 Å². The zero-order valence-corrected chi connectivity index (χ0v) is 31.7. The number of amides is 3. The van der Waals surface area contributed by atoms with Crippen molar-refractivity contribution in [1.82, 2.24) is 14.7 Å². The Labute approximate surface area is 310 Å². The molecule has 2 atom stereocenters. The summed E-state index contributed by atoms with van der Waals surface area (Å²) in [6.07, 6.45) is 3.26. The number of hydrogen-bond donors (Lipinski definition) is 0. The van der Waals surface area contributed by atoms with Gasteiger partial charge in [-0.15, -0.1) is 13.2 Å². The Hall–Kier alpha value is -4.70. The van der Waals surface area contributed by atoms with Crippen LogP contribution in [0.1, 0.15) is 56.2 Å². The lowest BCUT2D eigenvalue weighted by Crippen LogP contribution is -2.57. The Morgan fingerprint density at radius 1 is 0.843 bits per heavy atom. The van der Waals surface area contributed by atoms with E-state index in [1.807, 2.05) is 60.7 Å². The molecule has 10 heteroatoms. The highest BCUT2D eigenvalue weighted by Gasteiger charge is 2.39. The predicted octanol–water partition coefficient (Wildman–Crippen LogP) is 7.39. The normalized spacial score (nSPS) is 13.2. The van der Waals surface area contributed by atoms with Crippen molar-refractivity contribution in [3.05, 3.63) is 119 Å². The fourth-order valence-corrected chi connectivity index (χ4v) is 6.59. The third-order valence-corrected chi connectivity index (χ3v) is 9.32. The van der Waals surface area contributed by atoms with Crippen molar-refractivity contribution in [2.24, 2.45) is 0 Å². The second-order valence-electron chi connectivity index (χ2n) is 13.7. The summed E-state index contributed by atoms with van der Waals surface area (Å²) in [5, 5.41) is 0. The Morgan fingerprint density at radius 2 is 1.43 bits per heavy atom. The average Bonchev–Trinajstić information content (AvgIpc) is 3.41. The van der Waals surface area contributed by atoms with Gasteiger partial charge in [0.25, 0.3) is 0 Å². The molecule has 51 heavy (non-hydrogen) atoms. The van der Waals surface area contributed by atoms with Gasteiger partial charge in [-0.1, -0.05) is 88.7 Å². The molecular formula is C41H48BrN3O6. The minimum absolute atomic E-state index is 0.0898. The van der Waals surface area contributed by atoms with Gasteiger partial charge in [-0.05, 0) is 73.6 Å². The molecule has 3 aromatic rings. The average molecular weight is 759 g/mol. The third-order valence-electron chi connectivity index (χ3n) is 8.79. The van der Waals surface area contributed by atoms with Crippen molar-refractivity contribution >= 4 is 39.8 Å². The molecule has 4 rings (SSSR count). The summed E-state index contributed by atoms with van der Waals surface area (Å²) >= 11 is 3.46. The lowest BCUT2D eigenvalue weighted by Gasteiger charge is -2.37. The Balaban J connectivity index is 1.60. The van der Waals surface area contributed by atoms with E-state index in [0.717, 1.165) is 32.3 Å². The fraction of sp³-hybridized carbons (Fsp3) is 0.366. The van der Waals surface area contributed by atoms with Gasteiger partial charge in [0.2, 0.25) is 11.8 Å². The predicted molar refractivity (Wildman–Crippen MR) is 203 cm³/mol. The topological polar surface area (TPSA) is 96.5 Å². The number of carbonyl (C=O) groups is 4. The number of nitrogens with zero attached hydrogens (tertiary/aromatic N) is 3. The molecule has 0 radical (unpaired) electrons. The van der Waals surface area contributed by atoms with Crippen molar-refractivity contribution in [2.45, 2.75) is 63.6 Å². The van der Waals surface area contributed by atoms with Gasteiger partial charge in [-0.3, -0.25) is 19.3 Å². The van der Waals surface area contributed by atoms with E-state index in [-0.39, 0.29) is 38.5 Å². The molecule has 0 heterocycles. The first-order valence-electron chi connectivity index (χ1n) is 17.1. The van der Waals surface area contributed by atoms with E-state index in [2.05, 4.69) is 41.2 Å². The standard InChI is InChI=1S/C41H48BrN3O6/c1-8-10-24-45(36(25-28-20-22-29(42)23-21-28)38(47)43(6)26-37(46)51-41(3,4)5)39(48)35(15-9-2)44(7)40(49)50-27-34-32-18-13-11-16-30(32)31-17-12-14-19-33(31)34/h8-9,11-14,16-23,34-36H,1-2,10,15,24-27H2,3-7H3/t35-,36-/m0/s1. The summed E-state index contributed by atoms with van der Waals surface area (Å²) in [4.78, 5) is 59.3. The Kier molecular flexibility index (Phi) is 13.4. The molecular weight excluding hydrogens is 710 g/mol. The zero-order chi connectivity index (χ0) is 37.3. The van der Waals surface area contributed by atoms with E-state index in [0.29, 0.717) is 6.42 Å². The van der Waals surface area contributed by atoms with Crippen LogP contribution in [0.5, 0.6) is 0 Å². The molecule has 0 bridgehead atoms. The molecule has 0 aliphatic heterocycles. The van der Waals surface area contributed by atoms with Gasteiger partial charge in [-0.2, -0.15) is 0 Å². The van der Waals surface area contributed by atoms with Gasteiger partial charge < -0.3 is 19.3 Å². The molecule has 0 fully saturated rings. The Morgan fingerprint density at radius 3 is 1.98 bits per heavy atom. The number of fused-ring (bicyclic) bond motifs is 3. The van der Waals surface area contributed by atoms with E-state index in [9.17, 15) is 19.2 Å². The summed E-state index contributed by atoms with van der Waals surface area (Å²) in [5.41, 5.74) is 4.45. The summed E-state index contributed by atoms with van der Waals surface area (Å²) < 4.78 is 12.2. The van der Waals surface area contributed by atoms with Gasteiger partial charge in [0.05, 0.1) is 0 Å². The van der Waals surface area contributed by atoms with Crippen LogP contribution in [-0.2, 0) is 30.3 Å². The van der Waals surface area contributed by atoms with E-state index in [1.54, 1.807) is 32.9 Å². The van der Waals surface area contributed by atoms with Crippen LogP contribution in [0.15, 0.2) is 103 Å². The fourth-order valence-electron chi connectivity index (χ4n) is 6.32. The van der Waals surface area contributed by atoms with Gasteiger partial charge >= 0.3 is 12.1 Å². The number of rotatable bonds is 15. The number of esters is 1. The molecule has 270 valence electrons. The first-order chi connectivity index (χ1) is 24.2. The van der Waals surface area contributed by atoms with Crippen molar-refractivity contribution in [2.75, 3.05) is 33.8 Å². The van der Waals surface area contributed by atoms with Gasteiger partial charge in [0.1, 0.15) is 30.8 Å². The molecule has 3 amide bonds. The number of benzene rings is 3. The third kappa shape index (κ3) is 9.97. The second kappa shape index (κ2) is 17.5. The number of hydrogen-bond acceptors (Lipinski definition) is 6. The van der Waals surface area contributed by atoms with E-state index in [4.69, 9.17) is 9.47 Å². The molecule has 3 aromatic carbocycles. The highest BCUT2D eigenvalue weighted by molar-refractivity contribution is 9.10. The summed E-state index contributed by atoms with van der Waals surface area (Å²) in [7, 11) is 3.04. The van der Waals surface area contributed by atoms with Crippen molar-refractivity contribution < 1.29 is 28.7 Å². The van der Waals surface area contributed by atoms with Gasteiger partial charge in [0, 0.05) is 37.5 Å². The van der Waals surface area contributed by atoms with Crippen LogP contribution < -0.4 is 0 Å². The van der Waals surface area contributed by atoms with Crippen LogP contribution in [0.3, 0.4) is 0 Å². The molecule has 9 nitrogen and oxygen atoms in total. The molecule has 0 saturated heterocycles. The molecule has 1 aliphatic carbocycles. The number of ether oxygens (including phenoxy) is 2. The monoisotopic (exact) mass is 757 g/mol. The molecule has 0 N–H and O–H groups in total. The number of halogens is 1. The minimum Gasteiger partial charge on any atom is -0.459 e. The van der Waals surface area contributed by atoms with Crippen molar-refractivity contribution in [1.29, 1.82) is 0 Å². The Bertz CT molecular complexity index is 1690. The molecule has 0 saturated carbocycles. The van der Waals surface area contributed by atoms with Crippen LogP contribution in [0, 0.1) is 0 Å². The highest BCUT2D eigenvalue weighted by Crippen LogP contribution is 2.44. The maximum atomic E-state index is 14.6. The first-order valence-corrected chi connectivity index (χ1v) is 17.9. The number of likely N-dealkylation sites (N-methyl/N-ethyl adjacent to an activating group) is 2. The van der Waals surface area contributed by atoms with E-state index >= 15 is 0 Å². The number of carbonyl (C=O) groups excluding carboxylic acids is 4. The summed E-state index contributed by atoms with van der Waals surface area (Å²) in [5.74, 6) is -1.61. The molecule has 1 aliphatic rings. The van der Waals surface area contributed by atoms with Crippen LogP contribution in [0.25, 0.3) is 11.1 Å². The van der Waals surface area contributed by atoms with Crippen LogP contribution in [0.2, 0.25) is 0 Å². The van der Waals surface area contributed by atoms with Crippen LogP contribution in [-0.4, -0.2) is 90.1 Å². The van der Waals surface area contributed by atoms with Crippen LogP contribution in [0.4, 0.5) is 4.79 Å². The van der Waals surface area contributed by atoms with Crippen molar-refractivity contribution in [3.63, 3.8) is 0 Å². The smallest absolute Gasteiger partial charge is 0.410 e. The lowest BCUT2D eigenvalue weighted by atomic mass is 9.98. The van der Waals surface area contributed by atoms with Gasteiger partial charge in [-0.25, -0.2) is 4.79 Å². The minimum atomic E-state index is -1.01.